The monoisotopic (exact) mass is 636 g/mol. The first-order valence-corrected chi connectivity index (χ1v) is 16.4. The number of carbonyl (C=O) groups is 4. The second-order valence-electron chi connectivity index (χ2n) is 14.9. The van der Waals surface area contributed by atoms with Crippen LogP contribution >= 0.6 is 0 Å². The van der Waals surface area contributed by atoms with E-state index in [-0.39, 0.29) is 36.5 Å². The summed E-state index contributed by atoms with van der Waals surface area (Å²) in [5.41, 5.74) is 13.2. The fourth-order valence-corrected chi connectivity index (χ4v) is 5.73. The number of ether oxygens (including phenoxy) is 2. The molecule has 254 valence electrons. The minimum atomic E-state index is -1.25. The summed E-state index contributed by atoms with van der Waals surface area (Å²) >= 11 is 0. The number of rotatable bonds is 16. The Kier molecular flexibility index (Phi) is 13.9. The van der Waals surface area contributed by atoms with Gasteiger partial charge >= 0.3 is 11.9 Å². The van der Waals surface area contributed by atoms with E-state index in [0.29, 0.717) is 35.8 Å². The van der Waals surface area contributed by atoms with Crippen molar-refractivity contribution in [2.75, 3.05) is 0 Å². The van der Waals surface area contributed by atoms with E-state index in [4.69, 9.17) is 20.9 Å². The van der Waals surface area contributed by atoms with Crippen LogP contribution in [0.1, 0.15) is 116 Å². The zero-order chi connectivity index (χ0) is 35.0. The van der Waals surface area contributed by atoms with Gasteiger partial charge in [-0.15, -0.1) is 0 Å². The second-order valence-corrected chi connectivity index (χ2v) is 14.9. The average molecular weight is 637 g/mol. The first kappa shape index (κ1) is 38.8. The third-order valence-corrected chi connectivity index (χ3v) is 8.57. The SMILES string of the molecule is Cc1ccc(C(OC(=O)C(=O)OC(c2ccc(C)cc2)C(C)(C)C(=O)CC(N)CC(C)C)C(C)(C)C(=O)CC(N)CC(C)C)cc1. The summed E-state index contributed by atoms with van der Waals surface area (Å²) < 4.78 is 11.7. The van der Waals surface area contributed by atoms with Gasteiger partial charge in [0.1, 0.15) is 23.8 Å². The fraction of sp³-hybridized carbons (Fsp3) is 0.579. The van der Waals surface area contributed by atoms with E-state index in [1.807, 2.05) is 65.8 Å². The van der Waals surface area contributed by atoms with Gasteiger partial charge in [-0.3, -0.25) is 9.59 Å². The van der Waals surface area contributed by atoms with E-state index < -0.39 is 35.0 Å². The lowest BCUT2D eigenvalue weighted by Gasteiger charge is -2.35. The van der Waals surface area contributed by atoms with Crippen LogP contribution in [0.3, 0.4) is 0 Å². The summed E-state index contributed by atoms with van der Waals surface area (Å²) in [5.74, 6) is -2.25. The Morgan fingerprint density at radius 1 is 0.587 bits per heavy atom. The van der Waals surface area contributed by atoms with Crippen molar-refractivity contribution in [3.8, 4) is 0 Å². The first-order valence-electron chi connectivity index (χ1n) is 16.4. The van der Waals surface area contributed by atoms with Crippen molar-refractivity contribution in [3.05, 3.63) is 70.8 Å². The van der Waals surface area contributed by atoms with Crippen LogP contribution in [0, 0.1) is 36.5 Å². The van der Waals surface area contributed by atoms with E-state index in [2.05, 4.69) is 0 Å². The van der Waals surface area contributed by atoms with Gasteiger partial charge in [0.05, 0.1) is 10.8 Å². The predicted octanol–water partition coefficient (Wildman–Crippen LogP) is 6.89. The van der Waals surface area contributed by atoms with Crippen molar-refractivity contribution in [1.29, 1.82) is 0 Å². The highest BCUT2D eigenvalue weighted by atomic mass is 16.6. The highest BCUT2D eigenvalue weighted by Gasteiger charge is 2.45. The summed E-state index contributed by atoms with van der Waals surface area (Å²) in [6.07, 6.45) is -0.650. The van der Waals surface area contributed by atoms with Gasteiger partial charge in [-0.05, 0) is 77.3 Å². The van der Waals surface area contributed by atoms with Crippen LogP contribution in [0.5, 0.6) is 0 Å². The fourth-order valence-electron chi connectivity index (χ4n) is 5.73. The van der Waals surface area contributed by atoms with Crippen LogP contribution in [0.15, 0.2) is 48.5 Å². The molecule has 4 unspecified atom stereocenters. The zero-order valence-electron chi connectivity index (χ0n) is 29.5. The maximum absolute atomic E-state index is 13.6. The molecule has 0 bridgehead atoms. The molecular weight excluding hydrogens is 580 g/mol. The number of esters is 2. The van der Waals surface area contributed by atoms with E-state index >= 15 is 0 Å². The Labute approximate surface area is 276 Å². The first-order chi connectivity index (χ1) is 21.2. The third kappa shape index (κ3) is 10.9. The lowest BCUT2D eigenvalue weighted by molar-refractivity contribution is -0.183. The normalized spacial score (nSPS) is 14.8. The van der Waals surface area contributed by atoms with E-state index in [1.165, 1.54) is 0 Å². The smallest absolute Gasteiger partial charge is 0.418 e. The molecule has 46 heavy (non-hydrogen) atoms. The van der Waals surface area contributed by atoms with Crippen molar-refractivity contribution in [2.45, 2.75) is 119 Å². The molecule has 0 aromatic heterocycles. The molecule has 0 amide bonds. The van der Waals surface area contributed by atoms with Gasteiger partial charge in [-0.25, -0.2) is 9.59 Å². The summed E-state index contributed by atoms with van der Waals surface area (Å²) in [6, 6.07) is 13.8. The summed E-state index contributed by atoms with van der Waals surface area (Å²) in [4.78, 5) is 54.2. The molecule has 0 aliphatic heterocycles. The van der Waals surface area contributed by atoms with Crippen LogP contribution < -0.4 is 11.5 Å². The van der Waals surface area contributed by atoms with Crippen LogP contribution in [-0.4, -0.2) is 35.6 Å². The van der Waals surface area contributed by atoms with E-state index in [1.54, 1.807) is 52.0 Å². The van der Waals surface area contributed by atoms with Gasteiger partial charge in [0.2, 0.25) is 0 Å². The highest BCUT2D eigenvalue weighted by molar-refractivity contribution is 6.29. The molecule has 4 atom stereocenters. The quantitative estimate of drug-likeness (QED) is 0.150. The number of nitrogens with two attached hydrogens (primary N) is 2. The zero-order valence-corrected chi connectivity index (χ0v) is 29.5. The van der Waals surface area contributed by atoms with E-state index in [0.717, 1.165) is 11.1 Å². The Bertz CT molecular complexity index is 1220. The number of Topliss-reactive ketones (excluding diaryl/α,β-unsaturated/α-hetero) is 2. The van der Waals surface area contributed by atoms with Crippen molar-refractivity contribution >= 4 is 23.5 Å². The van der Waals surface area contributed by atoms with Gasteiger partial charge in [0.15, 0.2) is 0 Å². The number of ketones is 2. The van der Waals surface area contributed by atoms with Gasteiger partial charge in [0.25, 0.3) is 0 Å². The van der Waals surface area contributed by atoms with Gasteiger partial charge in [-0.1, -0.05) is 87.4 Å². The van der Waals surface area contributed by atoms with E-state index in [9.17, 15) is 19.2 Å². The number of hydrogen-bond acceptors (Lipinski definition) is 8. The number of hydrogen-bond donors (Lipinski definition) is 2. The number of carbonyl (C=O) groups excluding carboxylic acids is 4. The minimum absolute atomic E-state index is 0.0975. The molecule has 0 heterocycles. The average Bonchev–Trinajstić information content (AvgIpc) is 2.94. The van der Waals surface area contributed by atoms with Crippen LogP contribution in [0.2, 0.25) is 0 Å². The van der Waals surface area contributed by atoms with Gasteiger partial charge < -0.3 is 20.9 Å². The maximum Gasteiger partial charge on any atom is 0.418 e. The molecule has 2 aromatic rings. The molecule has 2 aromatic carbocycles. The molecule has 0 radical (unpaired) electrons. The molecule has 0 aliphatic rings. The standard InChI is InChI=1S/C38H56N2O6/c1-23(2)19-29(39)21-31(41)37(7,8)33(27-15-11-25(5)12-16-27)45-35(43)36(44)46-34(28-17-13-26(6)14-18-28)38(9,10)32(42)22-30(40)20-24(3)4/h11-18,23-24,29-30,33-34H,19-22,39-40H2,1-10H3. The molecule has 0 aliphatic carbocycles. The summed E-state index contributed by atoms with van der Waals surface area (Å²) in [6.45, 7) is 18.8. The van der Waals surface area contributed by atoms with Crippen molar-refractivity contribution < 1.29 is 28.7 Å². The molecule has 0 saturated carbocycles. The third-order valence-electron chi connectivity index (χ3n) is 8.57. The molecule has 0 fully saturated rings. The Balaban J connectivity index is 2.41. The van der Waals surface area contributed by atoms with Crippen LogP contribution in [0.25, 0.3) is 0 Å². The van der Waals surface area contributed by atoms with Gasteiger partial charge in [0, 0.05) is 24.9 Å². The summed E-state index contributed by atoms with van der Waals surface area (Å²) in [5, 5.41) is 0. The lowest BCUT2D eigenvalue weighted by Crippen LogP contribution is -2.41. The maximum atomic E-state index is 13.6. The molecule has 8 nitrogen and oxygen atoms in total. The van der Waals surface area contributed by atoms with Crippen LogP contribution in [-0.2, 0) is 28.7 Å². The molecular formula is C38H56N2O6. The predicted molar refractivity (Wildman–Crippen MR) is 182 cm³/mol. The number of aryl methyl sites for hydroxylation is 2. The Hall–Kier alpha value is -3.36. The second kappa shape index (κ2) is 16.5. The number of benzene rings is 2. The molecule has 0 saturated heterocycles. The minimum Gasteiger partial charge on any atom is -0.448 e. The van der Waals surface area contributed by atoms with Crippen molar-refractivity contribution in [3.63, 3.8) is 0 Å². The Morgan fingerprint density at radius 3 is 1.13 bits per heavy atom. The van der Waals surface area contributed by atoms with Crippen LogP contribution in [0.4, 0.5) is 0 Å². The lowest BCUT2D eigenvalue weighted by atomic mass is 9.76. The highest BCUT2D eigenvalue weighted by Crippen LogP contribution is 2.41. The Morgan fingerprint density at radius 2 is 0.870 bits per heavy atom. The molecule has 2 rings (SSSR count). The molecule has 4 N–H and O–H groups in total. The van der Waals surface area contributed by atoms with Crippen molar-refractivity contribution in [2.24, 2.45) is 34.1 Å². The molecule has 8 heteroatoms. The van der Waals surface area contributed by atoms with Crippen molar-refractivity contribution in [1.82, 2.24) is 0 Å². The largest absolute Gasteiger partial charge is 0.448 e. The molecule has 0 spiro atoms. The topological polar surface area (TPSA) is 139 Å². The summed E-state index contributed by atoms with van der Waals surface area (Å²) in [7, 11) is 0. The van der Waals surface area contributed by atoms with Gasteiger partial charge in [-0.2, -0.15) is 0 Å².